The van der Waals surface area contributed by atoms with E-state index in [0.29, 0.717) is 12.3 Å². The molecule has 0 saturated heterocycles. The van der Waals surface area contributed by atoms with Crippen molar-refractivity contribution in [1.82, 2.24) is 0 Å². The molecule has 1 aliphatic rings. The molecule has 0 atom stereocenters. The molecule has 0 aromatic heterocycles. The largest absolute Gasteiger partial charge is 0.493 e. The minimum absolute atomic E-state index is 0.102. The highest BCUT2D eigenvalue weighted by atomic mass is 32.2. The smallest absolute Gasteiger partial charge is 0.156 e. The average molecular weight is 283 g/mol. The van der Waals surface area contributed by atoms with E-state index in [-0.39, 0.29) is 17.6 Å². The Bertz CT molecular complexity index is 507. The monoisotopic (exact) mass is 283 g/mol. The van der Waals surface area contributed by atoms with Crippen molar-refractivity contribution in [2.24, 2.45) is 5.73 Å². The van der Waals surface area contributed by atoms with Crippen molar-refractivity contribution < 1.29 is 13.2 Å². The molecule has 0 bridgehead atoms. The van der Waals surface area contributed by atoms with E-state index in [1.54, 1.807) is 0 Å². The maximum Gasteiger partial charge on any atom is 0.156 e. The lowest BCUT2D eigenvalue weighted by molar-refractivity contribution is 0.340. The van der Waals surface area contributed by atoms with Crippen LogP contribution in [0.2, 0.25) is 0 Å². The summed E-state index contributed by atoms with van der Waals surface area (Å²) < 4.78 is 29.6. The second kappa shape index (κ2) is 6.39. The number of ether oxygens (including phenoxy) is 1. The van der Waals surface area contributed by atoms with E-state index in [1.807, 2.05) is 24.3 Å². The molecule has 0 amide bonds. The van der Waals surface area contributed by atoms with Crippen LogP contribution in [-0.2, 0) is 16.4 Å². The molecule has 1 aromatic rings. The zero-order valence-electron chi connectivity index (χ0n) is 11.0. The van der Waals surface area contributed by atoms with Crippen molar-refractivity contribution in [3.05, 3.63) is 29.8 Å². The number of hydrogen-bond acceptors (Lipinski definition) is 4. The SMILES string of the molecule is NCc1cccc(OCCS(=O)(=O)C2CCCC2)c1. The zero-order chi connectivity index (χ0) is 13.7. The highest BCUT2D eigenvalue weighted by Crippen LogP contribution is 2.25. The first-order valence-electron chi connectivity index (χ1n) is 6.75. The Morgan fingerprint density at radius 2 is 2.00 bits per heavy atom. The zero-order valence-corrected chi connectivity index (χ0v) is 11.9. The molecule has 19 heavy (non-hydrogen) atoms. The van der Waals surface area contributed by atoms with Crippen molar-refractivity contribution in [3.63, 3.8) is 0 Å². The van der Waals surface area contributed by atoms with Crippen molar-refractivity contribution in [2.45, 2.75) is 37.5 Å². The summed E-state index contributed by atoms with van der Waals surface area (Å²) in [5, 5.41) is -0.147. The fraction of sp³-hybridized carbons (Fsp3) is 0.571. The predicted octanol–water partition coefficient (Wildman–Crippen LogP) is 1.88. The van der Waals surface area contributed by atoms with E-state index in [9.17, 15) is 8.42 Å². The third kappa shape index (κ3) is 3.94. The Kier molecular flexibility index (Phi) is 4.82. The molecule has 2 N–H and O–H groups in total. The summed E-state index contributed by atoms with van der Waals surface area (Å²) in [5.74, 6) is 0.786. The Hall–Kier alpha value is -1.07. The maximum absolute atomic E-state index is 12.0. The van der Waals surface area contributed by atoms with Crippen molar-refractivity contribution in [3.8, 4) is 5.75 Å². The number of hydrogen-bond donors (Lipinski definition) is 1. The first kappa shape index (κ1) is 14.3. The molecule has 106 valence electrons. The Morgan fingerprint density at radius 3 is 2.68 bits per heavy atom. The van der Waals surface area contributed by atoms with Gasteiger partial charge in [-0.25, -0.2) is 8.42 Å². The summed E-state index contributed by atoms with van der Waals surface area (Å²) in [6.07, 6.45) is 3.68. The third-order valence-corrected chi connectivity index (χ3v) is 5.80. The first-order chi connectivity index (χ1) is 9.12. The van der Waals surface area contributed by atoms with Crippen LogP contribution in [0.3, 0.4) is 0 Å². The van der Waals surface area contributed by atoms with Crippen LogP contribution >= 0.6 is 0 Å². The van der Waals surface area contributed by atoms with Gasteiger partial charge < -0.3 is 10.5 Å². The van der Waals surface area contributed by atoms with Crippen LogP contribution in [-0.4, -0.2) is 26.0 Å². The van der Waals surface area contributed by atoms with Crippen LogP contribution in [0.25, 0.3) is 0 Å². The molecule has 1 saturated carbocycles. The van der Waals surface area contributed by atoms with Crippen LogP contribution in [0.5, 0.6) is 5.75 Å². The van der Waals surface area contributed by atoms with Crippen LogP contribution in [0.1, 0.15) is 31.2 Å². The second-order valence-electron chi connectivity index (χ2n) is 4.97. The minimum atomic E-state index is -3.00. The van der Waals surface area contributed by atoms with Gasteiger partial charge >= 0.3 is 0 Å². The van der Waals surface area contributed by atoms with Gasteiger partial charge in [0.25, 0.3) is 0 Å². The third-order valence-electron chi connectivity index (χ3n) is 3.58. The van der Waals surface area contributed by atoms with Crippen LogP contribution < -0.4 is 10.5 Å². The van der Waals surface area contributed by atoms with Gasteiger partial charge in [-0.15, -0.1) is 0 Å². The minimum Gasteiger partial charge on any atom is -0.493 e. The highest BCUT2D eigenvalue weighted by Gasteiger charge is 2.28. The normalized spacial score (nSPS) is 16.7. The standard InChI is InChI=1S/C14H21NO3S/c15-11-12-4-3-5-13(10-12)18-8-9-19(16,17)14-6-1-2-7-14/h3-5,10,14H,1-2,6-9,11,15H2. The summed E-state index contributed by atoms with van der Waals surface area (Å²) in [5.41, 5.74) is 6.53. The Balaban J connectivity index is 1.85. The molecule has 0 unspecified atom stereocenters. The van der Waals surface area contributed by atoms with Gasteiger partial charge in [-0.2, -0.15) is 0 Å². The quantitative estimate of drug-likeness (QED) is 0.865. The molecule has 4 nitrogen and oxygen atoms in total. The van der Waals surface area contributed by atoms with Gasteiger partial charge in [0.2, 0.25) is 0 Å². The van der Waals surface area contributed by atoms with Gasteiger partial charge in [0.05, 0.1) is 11.0 Å². The molecule has 5 heteroatoms. The fourth-order valence-corrected chi connectivity index (χ4v) is 4.15. The van der Waals surface area contributed by atoms with Gasteiger partial charge in [-0.1, -0.05) is 25.0 Å². The summed E-state index contributed by atoms with van der Waals surface area (Å²) in [6, 6.07) is 7.45. The molecule has 0 aliphatic heterocycles. The molecule has 1 aromatic carbocycles. The summed E-state index contributed by atoms with van der Waals surface area (Å²) in [7, 11) is -3.00. The van der Waals surface area contributed by atoms with E-state index in [2.05, 4.69) is 0 Å². The summed E-state index contributed by atoms with van der Waals surface area (Å²) >= 11 is 0. The number of benzene rings is 1. The van der Waals surface area contributed by atoms with Gasteiger partial charge in [0, 0.05) is 6.54 Å². The lowest BCUT2D eigenvalue weighted by Crippen LogP contribution is -2.24. The van der Waals surface area contributed by atoms with Gasteiger partial charge in [0.15, 0.2) is 9.84 Å². The van der Waals surface area contributed by atoms with Gasteiger partial charge in [-0.3, -0.25) is 0 Å². The number of sulfone groups is 1. The van der Waals surface area contributed by atoms with E-state index in [0.717, 1.165) is 31.2 Å². The molecule has 0 radical (unpaired) electrons. The lowest BCUT2D eigenvalue weighted by atomic mass is 10.2. The molecule has 0 heterocycles. The Labute approximate surface area is 114 Å². The molecule has 2 rings (SSSR count). The maximum atomic E-state index is 12.0. The van der Waals surface area contributed by atoms with Crippen molar-refractivity contribution >= 4 is 9.84 Å². The first-order valence-corrected chi connectivity index (χ1v) is 8.47. The molecule has 1 aliphatic carbocycles. The van der Waals surface area contributed by atoms with E-state index in [1.165, 1.54) is 0 Å². The summed E-state index contributed by atoms with van der Waals surface area (Å²) in [6.45, 7) is 0.671. The van der Waals surface area contributed by atoms with Crippen molar-refractivity contribution in [1.29, 1.82) is 0 Å². The predicted molar refractivity (Wildman–Crippen MR) is 75.9 cm³/mol. The molecular formula is C14H21NO3S. The van der Waals surface area contributed by atoms with Crippen LogP contribution in [0.4, 0.5) is 0 Å². The molecule has 1 fully saturated rings. The van der Waals surface area contributed by atoms with E-state index < -0.39 is 9.84 Å². The number of rotatable bonds is 6. The number of nitrogens with two attached hydrogens (primary N) is 1. The van der Waals surface area contributed by atoms with E-state index >= 15 is 0 Å². The van der Waals surface area contributed by atoms with Crippen LogP contribution in [0.15, 0.2) is 24.3 Å². The fourth-order valence-electron chi connectivity index (χ4n) is 2.45. The van der Waals surface area contributed by atoms with Gasteiger partial charge in [-0.05, 0) is 30.5 Å². The second-order valence-corrected chi connectivity index (χ2v) is 7.37. The van der Waals surface area contributed by atoms with Crippen molar-refractivity contribution in [2.75, 3.05) is 12.4 Å². The summed E-state index contributed by atoms with van der Waals surface area (Å²) in [4.78, 5) is 0. The topological polar surface area (TPSA) is 69.4 Å². The van der Waals surface area contributed by atoms with E-state index in [4.69, 9.17) is 10.5 Å². The molecule has 0 spiro atoms. The Morgan fingerprint density at radius 1 is 1.26 bits per heavy atom. The molecular weight excluding hydrogens is 262 g/mol. The highest BCUT2D eigenvalue weighted by molar-refractivity contribution is 7.92. The van der Waals surface area contributed by atoms with Gasteiger partial charge in [0.1, 0.15) is 12.4 Å². The lowest BCUT2D eigenvalue weighted by Gasteiger charge is -2.12. The van der Waals surface area contributed by atoms with Crippen LogP contribution in [0, 0.1) is 0 Å². The average Bonchev–Trinajstić information content (AvgIpc) is 2.93.